The molecule has 92 valence electrons. The zero-order chi connectivity index (χ0) is 12.3. The van der Waals surface area contributed by atoms with Gasteiger partial charge in [0.2, 0.25) is 0 Å². The lowest BCUT2D eigenvalue weighted by atomic mass is 9.99. The summed E-state index contributed by atoms with van der Waals surface area (Å²) in [7, 11) is 0. The van der Waals surface area contributed by atoms with Crippen LogP contribution in [0, 0.1) is 5.92 Å². The van der Waals surface area contributed by atoms with Gasteiger partial charge in [-0.3, -0.25) is 0 Å². The maximum absolute atomic E-state index is 5.92. The molecule has 0 amide bonds. The van der Waals surface area contributed by atoms with Crippen molar-refractivity contribution in [2.24, 2.45) is 5.92 Å². The molecule has 1 aromatic carbocycles. The number of hydrogen-bond donors (Lipinski definition) is 0. The molecule has 1 saturated heterocycles. The first-order valence-electron chi connectivity index (χ1n) is 6.23. The number of rotatable bonds is 4. The van der Waals surface area contributed by atoms with Crippen LogP contribution < -0.4 is 0 Å². The summed E-state index contributed by atoms with van der Waals surface area (Å²) < 4.78 is 11.6. The van der Waals surface area contributed by atoms with Gasteiger partial charge in [0.25, 0.3) is 0 Å². The lowest BCUT2D eigenvalue weighted by molar-refractivity contribution is 0.0395. The summed E-state index contributed by atoms with van der Waals surface area (Å²) in [6, 6.07) is 10.2. The van der Waals surface area contributed by atoms with E-state index in [1.54, 1.807) is 0 Å². The first kappa shape index (κ1) is 12.2. The van der Waals surface area contributed by atoms with Gasteiger partial charge in [-0.1, -0.05) is 50.8 Å². The van der Waals surface area contributed by atoms with Gasteiger partial charge < -0.3 is 9.47 Å². The van der Waals surface area contributed by atoms with Crippen molar-refractivity contribution in [2.45, 2.75) is 39.1 Å². The zero-order valence-electron chi connectivity index (χ0n) is 10.6. The van der Waals surface area contributed by atoms with Crippen LogP contribution in [0.5, 0.6) is 0 Å². The van der Waals surface area contributed by atoms with Crippen molar-refractivity contribution in [3.05, 3.63) is 48.2 Å². The standard InChI is InChI=1S/C15H20O2/c1-4-14-11(2)15(12(3)17-14)16-10-13-8-6-5-7-9-13/h5-9,11,14-15H,3-4,10H2,1-2H3/t11-,14-,15?/m1/s1. The Hall–Kier alpha value is -1.28. The Bertz CT molecular complexity index is 372. The van der Waals surface area contributed by atoms with Crippen LogP contribution in [-0.2, 0) is 16.1 Å². The molecule has 0 radical (unpaired) electrons. The number of hydrogen-bond acceptors (Lipinski definition) is 2. The number of benzene rings is 1. The van der Waals surface area contributed by atoms with E-state index < -0.39 is 0 Å². The summed E-state index contributed by atoms with van der Waals surface area (Å²) in [5.41, 5.74) is 1.19. The molecule has 1 heterocycles. The SMILES string of the molecule is C=C1O[C@H](CC)[C@@H](C)C1OCc1ccccc1. The minimum absolute atomic E-state index is 0.0279. The second-order valence-corrected chi connectivity index (χ2v) is 4.61. The summed E-state index contributed by atoms with van der Waals surface area (Å²) in [4.78, 5) is 0. The van der Waals surface area contributed by atoms with Crippen LogP contribution in [0.1, 0.15) is 25.8 Å². The molecule has 1 aliphatic rings. The molecule has 0 aromatic heterocycles. The van der Waals surface area contributed by atoms with Gasteiger partial charge in [-0.05, 0) is 12.0 Å². The van der Waals surface area contributed by atoms with Gasteiger partial charge in [0.05, 0.1) is 6.61 Å². The molecule has 0 saturated carbocycles. The van der Waals surface area contributed by atoms with Crippen LogP contribution in [-0.4, -0.2) is 12.2 Å². The molecule has 0 aliphatic carbocycles. The van der Waals surface area contributed by atoms with Crippen LogP contribution in [0.15, 0.2) is 42.7 Å². The molecule has 0 N–H and O–H groups in total. The van der Waals surface area contributed by atoms with E-state index in [1.165, 1.54) is 5.56 Å². The Balaban J connectivity index is 1.93. The monoisotopic (exact) mass is 232 g/mol. The van der Waals surface area contributed by atoms with Gasteiger partial charge in [0.1, 0.15) is 18.0 Å². The van der Waals surface area contributed by atoms with Gasteiger partial charge in [-0.2, -0.15) is 0 Å². The molecule has 17 heavy (non-hydrogen) atoms. The van der Waals surface area contributed by atoms with Gasteiger partial charge >= 0.3 is 0 Å². The predicted octanol–water partition coefficient (Wildman–Crippen LogP) is 3.53. The van der Waals surface area contributed by atoms with Gasteiger partial charge in [-0.15, -0.1) is 0 Å². The molecule has 2 nitrogen and oxygen atoms in total. The van der Waals surface area contributed by atoms with Crippen LogP contribution in [0.3, 0.4) is 0 Å². The van der Waals surface area contributed by atoms with E-state index in [0.717, 1.165) is 12.2 Å². The first-order valence-corrected chi connectivity index (χ1v) is 6.23. The summed E-state index contributed by atoms with van der Waals surface area (Å²) in [5, 5.41) is 0. The molecule has 1 aromatic rings. The van der Waals surface area contributed by atoms with Gasteiger partial charge in [0.15, 0.2) is 0 Å². The lowest BCUT2D eigenvalue weighted by Gasteiger charge is -2.16. The van der Waals surface area contributed by atoms with Crippen molar-refractivity contribution in [3.63, 3.8) is 0 Å². The average Bonchev–Trinajstić information content (AvgIpc) is 2.63. The third-order valence-corrected chi connectivity index (χ3v) is 3.36. The number of ether oxygens (including phenoxy) is 2. The molecule has 0 spiro atoms. The van der Waals surface area contributed by atoms with E-state index in [-0.39, 0.29) is 12.2 Å². The minimum atomic E-state index is 0.0279. The maximum Gasteiger partial charge on any atom is 0.120 e. The van der Waals surface area contributed by atoms with Gasteiger partial charge in [-0.25, -0.2) is 0 Å². The van der Waals surface area contributed by atoms with E-state index in [0.29, 0.717) is 12.5 Å². The van der Waals surface area contributed by atoms with Crippen molar-refractivity contribution < 1.29 is 9.47 Å². The highest BCUT2D eigenvalue weighted by Crippen LogP contribution is 2.33. The summed E-state index contributed by atoms with van der Waals surface area (Å²) in [6.45, 7) is 8.87. The Labute approximate surface area is 103 Å². The zero-order valence-corrected chi connectivity index (χ0v) is 10.6. The van der Waals surface area contributed by atoms with E-state index in [1.807, 2.05) is 18.2 Å². The third kappa shape index (κ3) is 2.70. The normalized spacial score (nSPS) is 28.1. The molecule has 2 rings (SSSR count). The summed E-state index contributed by atoms with van der Waals surface area (Å²) in [5.74, 6) is 1.16. The molecule has 2 heteroatoms. The maximum atomic E-state index is 5.92. The quantitative estimate of drug-likeness (QED) is 0.790. The van der Waals surface area contributed by atoms with Gasteiger partial charge in [0, 0.05) is 5.92 Å². The van der Waals surface area contributed by atoms with Crippen LogP contribution >= 0.6 is 0 Å². The Morgan fingerprint density at radius 2 is 2.00 bits per heavy atom. The molecule has 1 fully saturated rings. The highest BCUT2D eigenvalue weighted by atomic mass is 16.6. The Kier molecular flexibility index (Phi) is 3.85. The molecule has 1 unspecified atom stereocenters. The highest BCUT2D eigenvalue weighted by Gasteiger charge is 2.37. The summed E-state index contributed by atoms with van der Waals surface area (Å²) >= 11 is 0. The summed E-state index contributed by atoms with van der Waals surface area (Å²) in [6.07, 6.45) is 1.29. The first-order chi connectivity index (χ1) is 8.22. The molecule has 0 bridgehead atoms. The fourth-order valence-electron chi connectivity index (χ4n) is 2.32. The second-order valence-electron chi connectivity index (χ2n) is 4.61. The average molecular weight is 232 g/mol. The van der Waals surface area contributed by atoms with E-state index in [9.17, 15) is 0 Å². The van der Waals surface area contributed by atoms with Crippen LogP contribution in [0.2, 0.25) is 0 Å². The van der Waals surface area contributed by atoms with Crippen molar-refractivity contribution in [2.75, 3.05) is 0 Å². The smallest absolute Gasteiger partial charge is 0.120 e. The largest absolute Gasteiger partial charge is 0.492 e. The second kappa shape index (κ2) is 5.37. The van der Waals surface area contributed by atoms with E-state index in [4.69, 9.17) is 9.47 Å². The van der Waals surface area contributed by atoms with Crippen LogP contribution in [0.25, 0.3) is 0 Å². The molecule has 1 aliphatic heterocycles. The third-order valence-electron chi connectivity index (χ3n) is 3.36. The van der Waals surface area contributed by atoms with Crippen molar-refractivity contribution in [3.8, 4) is 0 Å². The van der Waals surface area contributed by atoms with Crippen molar-refractivity contribution in [1.29, 1.82) is 0 Å². The molecular weight excluding hydrogens is 212 g/mol. The minimum Gasteiger partial charge on any atom is -0.492 e. The topological polar surface area (TPSA) is 18.5 Å². The van der Waals surface area contributed by atoms with Crippen molar-refractivity contribution in [1.82, 2.24) is 0 Å². The lowest BCUT2D eigenvalue weighted by Crippen LogP contribution is -2.22. The highest BCUT2D eigenvalue weighted by molar-refractivity contribution is 5.14. The van der Waals surface area contributed by atoms with E-state index in [2.05, 4.69) is 32.6 Å². The fourth-order valence-corrected chi connectivity index (χ4v) is 2.32. The Morgan fingerprint density at radius 3 is 2.59 bits per heavy atom. The van der Waals surface area contributed by atoms with Crippen molar-refractivity contribution >= 4 is 0 Å². The predicted molar refractivity (Wildman–Crippen MR) is 68.5 cm³/mol. The van der Waals surface area contributed by atoms with E-state index >= 15 is 0 Å². The Morgan fingerprint density at radius 1 is 1.29 bits per heavy atom. The molecule has 3 atom stereocenters. The van der Waals surface area contributed by atoms with Crippen LogP contribution in [0.4, 0.5) is 0 Å². The molecular formula is C15H20O2. The fraction of sp³-hybridized carbons (Fsp3) is 0.467.